The van der Waals surface area contributed by atoms with Gasteiger partial charge in [-0.3, -0.25) is 4.79 Å². The van der Waals surface area contributed by atoms with Crippen LogP contribution in [0.1, 0.15) is 19.8 Å². The van der Waals surface area contributed by atoms with Crippen LogP contribution in [0.4, 0.5) is 0 Å². The van der Waals surface area contributed by atoms with Crippen LogP contribution in [-0.2, 0) is 9.53 Å². The van der Waals surface area contributed by atoms with Crippen LogP contribution in [0.15, 0.2) is 0 Å². The van der Waals surface area contributed by atoms with E-state index >= 15 is 0 Å². The average molecular weight is 214 g/mol. The van der Waals surface area contributed by atoms with Crippen molar-refractivity contribution in [3.8, 4) is 0 Å². The number of amides is 1. The van der Waals surface area contributed by atoms with Gasteiger partial charge in [-0.25, -0.2) is 0 Å². The molecule has 1 unspecified atom stereocenters. The number of hydrogen-bond donors (Lipinski definition) is 2. The van der Waals surface area contributed by atoms with Crippen molar-refractivity contribution in [1.29, 1.82) is 0 Å². The zero-order chi connectivity index (χ0) is 11.1. The number of carbonyl (C=O) groups excluding carboxylic acids is 1. The molecule has 0 aromatic carbocycles. The van der Waals surface area contributed by atoms with Gasteiger partial charge in [-0.2, -0.15) is 0 Å². The molecule has 4 heteroatoms. The number of carbonyl (C=O) groups is 1. The molecule has 1 aliphatic heterocycles. The molecule has 1 amide bonds. The first kappa shape index (κ1) is 12.5. The predicted octanol–water partition coefficient (Wildman–Crippen LogP) is 0.385. The Kier molecular flexibility index (Phi) is 5.65. The third-order valence-corrected chi connectivity index (χ3v) is 2.74. The van der Waals surface area contributed by atoms with E-state index in [9.17, 15) is 4.79 Å². The molecule has 1 rings (SSSR count). The van der Waals surface area contributed by atoms with Crippen molar-refractivity contribution in [3.05, 3.63) is 0 Å². The Balaban J connectivity index is 2.16. The Hall–Kier alpha value is -0.610. The molecule has 0 aromatic heterocycles. The summed E-state index contributed by atoms with van der Waals surface area (Å²) in [5.41, 5.74) is 0. The Morgan fingerprint density at radius 3 is 3.07 bits per heavy atom. The predicted molar refractivity (Wildman–Crippen MR) is 59.6 cm³/mol. The average Bonchev–Trinajstić information content (AvgIpc) is 2.27. The molecule has 4 nitrogen and oxygen atoms in total. The molecule has 0 bridgehead atoms. The number of methoxy groups -OCH3 is 1. The fraction of sp³-hybridized carbons (Fsp3) is 0.909. The van der Waals surface area contributed by atoms with Gasteiger partial charge in [-0.15, -0.1) is 0 Å². The van der Waals surface area contributed by atoms with Gasteiger partial charge in [0.15, 0.2) is 0 Å². The van der Waals surface area contributed by atoms with Gasteiger partial charge in [-0.05, 0) is 25.3 Å². The molecule has 0 aromatic rings. The minimum Gasteiger partial charge on any atom is -0.384 e. The normalized spacial score (nSPS) is 23.5. The second kappa shape index (κ2) is 6.80. The molecule has 0 aliphatic carbocycles. The standard InChI is InChI=1S/C11H22N2O2/c1-9(8-15-2)6-13-11(14)10-4-3-5-12-7-10/h9-10,12H,3-8H2,1-2H3,(H,13,14)/t9?,10-/m0/s1. The minimum atomic E-state index is 0.161. The third kappa shape index (κ3) is 4.62. The topological polar surface area (TPSA) is 50.4 Å². The summed E-state index contributed by atoms with van der Waals surface area (Å²) in [4.78, 5) is 11.7. The van der Waals surface area contributed by atoms with Crippen LogP contribution >= 0.6 is 0 Å². The zero-order valence-electron chi connectivity index (χ0n) is 9.71. The van der Waals surface area contributed by atoms with Crippen LogP contribution in [0.2, 0.25) is 0 Å². The van der Waals surface area contributed by atoms with Crippen molar-refractivity contribution in [2.45, 2.75) is 19.8 Å². The molecule has 0 spiro atoms. The van der Waals surface area contributed by atoms with Crippen LogP contribution in [0.3, 0.4) is 0 Å². The maximum absolute atomic E-state index is 11.7. The first-order chi connectivity index (χ1) is 7.24. The Morgan fingerprint density at radius 2 is 2.47 bits per heavy atom. The highest BCUT2D eigenvalue weighted by atomic mass is 16.5. The number of ether oxygens (including phenoxy) is 1. The van der Waals surface area contributed by atoms with E-state index in [4.69, 9.17) is 4.74 Å². The lowest BCUT2D eigenvalue weighted by molar-refractivity contribution is -0.125. The van der Waals surface area contributed by atoms with Crippen molar-refractivity contribution in [2.75, 3.05) is 33.4 Å². The summed E-state index contributed by atoms with van der Waals surface area (Å²) in [6.07, 6.45) is 2.11. The van der Waals surface area contributed by atoms with Crippen molar-refractivity contribution < 1.29 is 9.53 Å². The lowest BCUT2D eigenvalue weighted by Gasteiger charge is -2.22. The number of rotatable bonds is 5. The minimum absolute atomic E-state index is 0.161. The maximum atomic E-state index is 11.7. The first-order valence-corrected chi connectivity index (χ1v) is 5.71. The van der Waals surface area contributed by atoms with E-state index in [2.05, 4.69) is 17.6 Å². The van der Waals surface area contributed by atoms with E-state index in [0.29, 0.717) is 19.1 Å². The molecular formula is C11H22N2O2. The largest absolute Gasteiger partial charge is 0.384 e. The van der Waals surface area contributed by atoms with Crippen molar-refractivity contribution in [3.63, 3.8) is 0 Å². The van der Waals surface area contributed by atoms with Crippen molar-refractivity contribution in [1.82, 2.24) is 10.6 Å². The Bertz CT molecular complexity index is 191. The monoisotopic (exact) mass is 214 g/mol. The van der Waals surface area contributed by atoms with Crippen LogP contribution in [0.25, 0.3) is 0 Å². The number of piperidine rings is 1. The van der Waals surface area contributed by atoms with Gasteiger partial charge in [0.2, 0.25) is 5.91 Å². The highest BCUT2D eigenvalue weighted by Crippen LogP contribution is 2.09. The summed E-state index contributed by atoms with van der Waals surface area (Å²) in [5, 5.41) is 6.22. The van der Waals surface area contributed by atoms with Gasteiger partial charge >= 0.3 is 0 Å². The van der Waals surface area contributed by atoms with Crippen LogP contribution < -0.4 is 10.6 Å². The van der Waals surface area contributed by atoms with Crippen LogP contribution in [0.5, 0.6) is 0 Å². The summed E-state index contributed by atoms with van der Waals surface area (Å²) in [7, 11) is 1.68. The molecule has 88 valence electrons. The second-order valence-corrected chi connectivity index (χ2v) is 4.35. The summed E-state index contributed by atoms with van der Waals surface area (Å²) in [6.45, 7) is 5.35. The van der Waals surface area contributed by atoms with E-state index in [1.54, 1.807) is 7.11 Å². The molecule has 1 heterocycles. The molecule has 1 aliphatic rings. The van der Waals surface area contributed by atoms with Gasteiger partial charge in [-0.1, -0.05) is 6.92 Å². The summed E-state index contributed by atoms with van der Waals surface area (Å²) >= 11 is 0. The fourth-order valence-electron chi connectivity index (χ4n) is 1.84. The Morgan fingerprint density at radius 1 is 1.67 bits per heavy atom. The molecule has 2 atom stereocenters. The lowest BCUT2D eigenvalue weighted by atomic mass is 9.98. The smallest absolute Gasteiger partial charge is 0.224 e. The van der Waals surface area contributed by atoms with Crippen molar-refractivity contribution >= 4 is 5.91 Å². The molecule has 15 heavy (non-hydrogen) atoms. The van der Waals surface area contributed by atoms with Gasteiger partial charge < -0.3 is 15.4 Å². The van der Waals surface area contributed by atoms with E-state index < -0.39 is 0 Å². The fourth-order valence-corrected chi connectivity index (χ4v) is 1.84. The van der Waals surface area contributed by atoms with Gasteiger partial charge in [0.05, 0.1) is 12.5 Å². The molecule has 0 saturated carbocycles. The Labute approximate surface area is 91.8 Å². The van der Waals surface area contributed by atoms with Crippen LogP contribution in [0, 0.1) is 11.8 Å². The molecule has 1 saturated heterocycles. The third-order valence-electron chi connectivity index (χ3n) is 2.74. The molecule has 0 radical (unpaired) electrons. The first-order valence-electron chi connectivity index (χ1n) is 5.71. The van der Waals surface area contributed by atoms with E-state index in [0.717, 1.165) is 25.9 Å². The quantitative estimate of drug-likeness (QED) is 0.696. The SMILES string of the molecule is COCC(C)CNC(=O)[C@H]1CCCNC1. The van der Waals surface area contributed by atoms with Gasteiger partial charge in [0.25, 0.3) is 0 Å². The highest BCUT2D eigenvalue weighted by molar-refractivity contribution is 5.78. The van der Waals surface area contributed by atoms with E-state index in [1.165, 1.54) is 0 Å². The van der Waals surface area contributed by atoms with E-state index in [-0.39, 0.29) is 11.8 Å². The highest BCUT2D eigenvalue weighted by Gasteiger charge is 2.20. The lowest BCUT2D eigenvalue weighted by Crippen LogP contribution is -2.42. The second-order valence-electron chi connectivity index (χ2n) is 4.35. The summed E-state index contributed by atoms with van der Waals surface area (Å²) < 4.78 is 5.02. The maximum Gasteiger partial charge on any atom is 0.224 e. The zero-order valence-corrected chi connectivity index (χ0v) is 9.71. The summed E-state index contributed by atoms with van der Waals surface area (Å²) in [6, 6.07) is 0. The van der Waals surface area contributed by atoms with Gasteiger partial charge in [0, 0.05) is 20.2 Å². The molecular weight excluding hydrogens is 192 g/mol. The molecule has 1 fully saturated rings. The van der Waals surface area contributed by atoms with Crippen molar-refractivity contribution in [2.24, 2.45) is 11.8 Å². The van der Waals surface area contributed by atoms with E-state index in [1.807, 2.05) is 0 Å². The van der Waals surface area contributed by atoms with Gasteiger partial charge in [0.1, 0.15) is 0 Å². The molecule has 2 N–H and O–H groups in total. The van der Waals surface area contributed by atoms with Crippen LogP contribution in [-0.4, -0.2) is 39.3 Å². The number of nitrogens with one attached hydrogen (secondary N) is 2. The number of hydrogen-bond acceptors (Lipinski definition) is 3. The summed E-state index contributed by atoms with van der Waals surface area (Å²) in [5.74, 6) is 0.731.